The Hall–Kier alpha value is -2.62. The lowest BCUT2D eigenvalue weighted by Gasteiger charge is -2.23. The summed E-state index contributed by atoms with van der Waals surface area (Å²) in [5.74, 6) is -0.954. The molecule has 2 aromatic carbocycles. The molecule has 3 atom stereocenters. The molecule has 0 fully saturated rings. The summed E-state index contributed by atoms with van der Waals surface area (Å²) >= 11 is 0. The van der Waals surface area contributed by atoms with Gasteiger partial charge in [-0.3, -0.25) is 9.59 Å². The van der Waals surface area contributed by atoms with E-state index in [-0.39, 0.29) is 23.7 Å². The normalized spacial score (nSPS) is 14.2. The average Bonchev–Trinajstić information content (AvgIpc) is 2.63. The Kier molecular flexibility index (Phi) is 6.75. The molecule has 2 rings (SSSR count). The molecule has 4 nitrogen and oxygen atoms in total. The Bertz CT molecular complexity index is 685. The predicted octanol–water partition coefficient (Wildman–Crippen LogP) is 4.39. The second-order valence-corrected chi connectivity index (χ2v) is 6.21. The molecule has 25 heavy (non-hydrogen) atoms. The number of hydrogen-bond donors (Lipinski definition) is 1. The Morgan fingerprint density at radius 2 is 1.52 bits per heavy atom. The van der Waals surface area contributed by atoms with Crippen LogP contribution in [0.15, 0.2) is 60.7 Å². The highest BCUT2D eigenvalue weighted by atomic mass is 16.5. The van der Waals surface area contributed by atoms with Crippen LogP contribution in [0.3, 0.4) is 0 Å². The summed E-state index contributed by atoms with van der Waals surface area (Å²) in [6, 6.07) is 18.7. The van der Waals surface area contributed by atoms with Crippen LogP contribution in [0.4, 0.5) is 5.69 Å². The molecule has 1 N–H and O–H groups in total. The van der Waals surface area contributed by atoms with Crippen LogP contribution >= 0.6 is 0 Å². The number of esters is 1. The minimum absolute atomic E-state index is 0.124. The number of para-hydroxylation sites is 1. The zero-order valence-corrected chi connectivity index (χ0v) is 14.9. The lowest BCUT2D eigenvalue weighted by atomic mass is 9.85. The zero-order chi connectivity index (χ0) is 18.2. The molecule has 0 aliphatic heterocycles. The second-order valence-electron chi connectivity index (χ2n) is 6.21. The van der Waals surface area contributed by atoms with Crippen LogP contribution in [0.1, 0.15) is 38.7 Å². The molecule has 0 heterocycles. The van der Waals surface area contributed by atoms with Crippen molar-refractivity contribution in [2.75, 3.05) is 5.32 Å². The fourth-order valence-electron chi connectivity index (χ4n) is 2.66. The van der Waals surface area contributed by atoms with E-state index in [2.05, 4.69) is 5.32 Å². The number of anilines is 1. The van der Waals surface area contributed by atoms with Gasteiger partial charge in [0.2, 0.25) is 0 Å². The van der Waals surface area contributed by atoms with Gasteiger partial charge in [0.25, 0.3) is 5.91 Å². The van der Waals surface area contributed by atoms with Crippen molar-refractivity contribution in [1.82, 2.24) is 0 Å². The Labute approximate surface area is 149 Å². The molecular formula is C21H25NO3. The van der Waals surface area contributed by atoms with Gasteiger partial charge in [-0.1, -0.05) is 68.8 Å². The molecule has 1 amide bonds. The highest BCUT2D eigenvalue weighted by Gasteiger charge is 2.30. The third kappa shape index (κ3) is 5.18. The minimum Gasteiger partial charge on any atom is -0.452 e. The molecule has 132 valence electrons. The first-order valence-electron chi connectivity index (χ1n) is 8.64. The molecule has 4 heteroatoms. The summed E-state index contributed by atoms with van der Waals surface area (Å²) in [6.07, 6.45) is -0.0119. The largest absolute Gasteiger partial charge is 0.452 e. The Morgan fingerprint density at radius 3 is 2.08 bits per heavy atom. The number of benzene rings is 2. The van der Waals surface area contributed by atoms with Crippen LogP contribution in [-0.4, -0.2) is 18.0 Å². The first-order chi connectivity index (χ1) is 12.0. The standard InChI is InChI=1S/C21H25NO3/c1-4-15(2)19(17-11-7-5-8-12-17)21(24)25-16(3)20(23)22-18-13-9-6-10-14-18/h5-16,19H,4H2,1-3H3,(H,22,23)/t15-,16+,19-/m1/s1. The van der Waals surface area contributed by atoms with Gasteiger partial charge in [-0.2, -0.15) is 0 Å². The Morgan fingerprint density at radius 1 is 0.960 bits per heavy atom. The van der Waals surface area contributed by atoms with E-state index in [0.717, 1.165) is 12.0 Å². The summed E-state index contributed by atoms with van der Waals surface area (Å²) < 4.78 is 5.47. The molecule has 0 radical (unpaired) electrons. The van der Waals surface area contributed by atoms with E-state index in [4.69, 9.17) is 4.74 Å². The summed E-state index contributed by atoms with van der Waals surface area (Å²) in [5.41, 5.74) is 1.59. The molecule has 0 aliphatic carbocycles. The molecule has 0 saturated heterocycles. The molecular weight excluding hydrogens is 314 g/mol. The summed E-state index contributed by atoms with van der Waals surface area (Å²) in [6.45, 7) is 5.65. The van der Waals surface area contributed by atoms with Gasteiger partial charge < -0.3 is 10.1 Å². The summed E-state index contributed by atoms with van der Waals surface area (Å²) in [7, 11) is 0. The van der Waals surface area contributed by atoms with Crippen LogP contribution < -0.4 is 5.32 Å². The maximum atomic E-state index is 12.7. The maximum Gasteiger partial charge on any atom is 0.314 e. The SMILES string of the molecule is CC[C@@H](C)[C@@H](C(=O)O[C@@H](C)C(=O)Nc1ccccc1)c1ccccc1. The highest BCUT2D eigenvalue weighted by Crippen LogP contribution is 2.28. The number of carbonyl (C=O) groups excluding carboxylic acids is 2. The molecule has 0 aliphatic rings. The lowest BCUT2D eigenvalue weighted by Crippen LogP contribution is -2.33. The molecule has 0 saturated carbocycles. The van der Waals surface area contributed by atoms with E-state index in [1.165, 1.54) is 0 Å². The van der Waals surface area contributed by atoms with Gasteiger partial charge in [-0.15, -0.1) is 0 Å². The van der Waals surface area contributed by atoms with Crippen molar-refractivity contribution in [2.45, 2.75) is 39.2 Å². The van der Waals surface area contributed by atoms with Crippen molar-refractivity contribution in [3.8, 4) is 0 Å². The van der Waals surface area contributed by atoms with E-state index >= 15 is 0 Å². The van der Waals surface area contributed by atoms with E-state index < -0.39 is 6.10 Å². The van der Waals surface area contributed by atoms with Crippen molar-refractivity contribution in [3.63, 3.8) is 0 Å². The average molecular weight is 339 g/mol. The van der Waals surface area contributed by atoms with Gasteiger partial charge in [-0.25, -0.2) is 0 Å². The zero-order valence-electron chi connectivity index (χ0n) is 14.9. The van der Waals surface area contributed by atoms with E-state index in [9.17, 15) is 9.59 Å². The van der Waals surface area contributed by atoms with Crippen molar-refractivity contribution in [2.24, 2.45) is 5.92 Å². The number of ether oxygens (including phenoxy) is 1. The maximum absolute atomic E-state index is 12.7. The van der Waals surface area contributed by atoms with Crippen LogP contribution in [-0.2, 0) is 14.3 Å². The fourth-order valence-corrected chi connectivity index (χ4v) is 2.66. The molecule has 0 spiro atoms. The number of rotatable bonds is 7. The number of carbonyl (C=O) groups is 2. The molecule has 0 aromatic heterocycles. The highest BCUT2D eigenvalue weighted by molar-refractivity contribution is 5.95. The fraction of sp³-hybridized carbons (Fsp3) is 0.333. The van der Waals surface area contributed by atoms with Gasteiger partial charge in [0, 0.05) is 5.69 Å². The van der Waals surface area contributed by atoms with E-state index in [1.54, 1.807) is 19.1 Å². The van der Waals surface area contributed by atoms with Gasteiger partial charge in [-0.05, 0) is 30.5 Å². The quantitative estimate of drug-likeness (QED) is 0.761. The van der Waals surface area contributed by atoms with Crippen molar-refractivity contribution in [3.05, 3.63) is 66.2 Å². The first kappa shape index (κ1) is 18.7. The number of amides is 1. The minimum atomic E-state index is -0.858. The summed E-state index contributed by atoms with van der Waals surface area (Å²) in [4.78, 5) is 25.0. The van der Waals surface area contributed by atoms with Crippen LogP contribution in [0.5, 0.6) is 0 Å². The smallest absolute Gasteiger partial charge is 0.314 e. The second kappa shape index (κ2) is 9.02. The first-order valence-corrected chi connectivity index (χ1v) is 8.64. The van der Waals surface area contributed by atoms with Crippen molar-refractivity contribution >= 4 is 17.6 Å². The van der Waals surface area contributed by atoms with Gasteiger partial charge >= 0.3 is 5.97 Å². The summed E-state index contributed by atoms with van der Waals surface area (Å²) in [5, 5.41) is 2.75. The van der Waals surface area contributed by atoms with Crippen LogP contribution in [0.25, 0.3) is 0 Å². The van der Waals surface area contributed by atoms with Crippen LogP contribution in [0, 0.1) is 5.92 Å². The molecule has 0 unspecified atom stereocenters. The molecule has 2 aromatic rings. The topological polar surface area (TPSA) is 55.4 Å². The van der Waals surface area contributed by atoms with Gasteiger partial charge in [0.05, 0.1) is 5.92 Å². The van der Waals surface area contributed by atoms with Crippen molar-refractivity contribution in [1.29, 1.82) is 0 Å². The third-order valence-electron chi connectivity index (χ3n) is 4.33. The monoisotopic (exact) mass is 339 g/mol. The van der Waals surface area contributed by atoms with Gasteiger partial charge in [0.1, 0.15) is 0 Å². The van der Waals surface area contributed by atoms with E-state index in [0.29, 0.717) is 5.69 Å². The van der Waals surface area contributed by atoms with Crippen LogP contribution in [0.2, 0.25) is 0 Å². The third-order valence-corrected chi connectivity index (χ3v) is 4.33. The number of hydrogen-bond acceptors (Lipinski definition) is 3. The van der Waals surface area contributed by atoms with E-state index in [1.807, 2.05) is 62.4 Å². The predicted molar refractivity (Wildman–Crippen MR) is 99.3 cm³/mol. The molecule has 0 bridgehead atoms. The number of nitrogens with one attached hydrogen (secondary N) is 1. The van der Waals surface area contributed by atoms with Crippen molar-refractivity contribution < 1.29 is 14.3 Å². The lowest BCUT2D eigenvalue weighted by molar-refractivity contribution is -0.155. The van der Waals surface area contributed by atoms with Gasteiger partial charge in [0.15, 0.2) is 6.10 Å². The Balaban J connectivity index is 2.05.